The number of alkyl halides is 1. The molecule has 0 saturated carbocycles. The van der Waals surface area contributed by atoms with E-state index in [1.807, 2.05) is 23.2 Å². The summed E-state index contributed by atoms with van der Waals surface area (Å²) in [6.07, 6.45) is 2.70. The van der Waals surface area contributed by atoms with Gasteiger partial charge in [-0.25, -0.2) is 4.98 Å². The van der Waals surface area contributed by atoms with E-state index in [1.165, 1.54) is 10.9 Å². The molecule has 1 aromatic carbocycles. The van der Waals surface area contributed by atoms with E-state index in [0.29, 0.717) is 0 Å². The molecular formula is C23H25ClN4O2. The molecule has 1 amide bonds. The number of halogens is 1. The van der Waals surface area contributed by atoms with E-state index in [4.69, 9.17) is 21.3 Å². The molecule has 1 fully saturated rings. The number of benzene rings is 1. The number of H-pyrrole nitrogens is 1. The molecule has 3 aromatic rings. The molecule has 5 rings (SSSR count). The van der Waals surface area contributed by atoms with Gasteiger partial charge in [-0.1, -0.05) is 24.3 Å². The lowest BCUT2D eigenvalue weighted by Crippen LogP contribution is -2.47. The number of hydrogen-bond acceptors (Lipinski definition) is 4. The number of para-hydroxylation sites is 1. The highest BCUT2D eigenvalue weighted by atomic mass is 35.5. The molecule has 0 radical (unpaired) electrons. The second-order valence-corrected chi connectivity index (χ2v) is 8.27. The maximum Gasteiger partial charge on any atom is 0.238 e. The molecule has 7 heteroatoms. The number of morpholine rings is 1. The minimum atomic E-state index is -0.228. The molecule has 0 aliphatic carbocycles. The third-order valence-corrected chi connectivity index (χ3v) is 6.43. The summed E-state index contributed by atoms with van der Waals surface area (Å²) in [5.41, 5.74) is 4.43. The second kappa shape index (κ2) is 7.93. The summed E-state index contributed by atoms with van der Waals surface area (Å²) in [7, 11) is 0. The SMILES string of the molecule is C[C@H]1Cc2c([nH]c3ccccc23)[C@@H](c2ccc(N3CCOCC3)nc2)N1C(=O)CCl. The number of anilines is 1. The van der Waals surface area contributed by atoms with Crippen molar-refractivity contribution in [2.75, 3.05) is 37.1 Å². The van der Waals surface area contributed by atoms with Crippen LogP contribution in [0.2, 0.25) is 0 Å². The number of fused-ring (bicyclic) bond motifs is 3. The Morgan fingerprint density at radius 1 is 1.23 bits per heavy atom. The number of pyridine rings is 1. The number of carbonyl (C=O) groups excluding carboxylic acids is 1. The first-order chi connectivity index (χ1) is 14.7. The van der Waals surface area contributed by atoms with E-state index in [-0.39, 0.29) is 23.9 Å². The van der Waals surface area contributed by atoms with Gasteiger partial charge in [0, 0.05) is 41.9 Å². The van der Waals surface area contributed by atoms with Gasteiger partial charge in [-0.05, 0) is 36.6 Å². The summed E-state index contributed by atoms with van der Waals surface area (Å²) in [4.78, 5) is 25.3. The van der Waals surface area contributed by atoms with Gasteiger partial charge in [-0.3, -0.25) is 4.79 Å². The summed E-state index contributed by atoms with van der Waals surface area (Å²) in [6.45, 7) is 5.23. The highest BCUT2D eigenvalue weighted by molar-refractivity contribution is 6.27. The van der Waals surface area contributed by atoms with Crippen molar-refractivity contribution in [3.05, 3.63) is 59.4 Å². The van der Waals surface area contributed by atoms with Crippen molar-refractivity contribution in [3.8, 4) is 0 Å². The van der Waals surface area contributed by atoms with Crippen LogP contribution in [0.25, 0.3) is 10.9 Å². The molecule has 4 heterocycles. The van der Waals surface area contributed by atoms with E-state index >= 15 is 0 Å². The van der Waals surface area contributed by atoms with Crippen LogP contribution in [-0.2, 0) is 16.0 Å². The molecule has 0 unspecified atom stereocenters. The van der Waals surface area contributed by atoms with Gasteiger partial charge in [-0.15, -0.1) is 11.6 Å². The standard InChI is InChI=1S/C23H25ClN4O2/c1-15-12-18-17-4-2-3-5-19(17)26-22(18)23(28(15)21(29)13-24)16-6-7-20(25-14-16)27-8-10-30-11-9-27/h2-7,14-15,23,26H,8-13H2,1H3/t15-,23+/m0/s1. The number of amides is 1. The third kappa shape index (κ3) is 3.24. The number of nitrogens with zero attached hydrogens (tertiary/aromatic N) is 3. The highest BCUT2D eigenvalue weighted by Crippen LogP contribution is 2.41. The number of aromatic nitrogens is 2. The summed E-state index contributed by atoms with van der Waals surface area (Å²) in [6, 6.07) is 12.3. The largest absolute Gasteiger partial charge is 0.378 e. The van der Waals surface area contributed by atoms with Gasteiger partial charge < -0.3 is 19.5 Å². The Bertz CT molecular complexity index is 1060. The molecule has 156 valence electrons. The summed E-state index contributed by atoms with van der Waals surface area (Å²) >= 11 is 6.00. The van der Waals surface area contributed by atoms with Crippen LogP contribution < -0.4 is 4.90 Å². The highest BCUT2D eigenvalue weighted by Gasteiger charge is 2.38. The molecule has 2 aromatic heterocycles. The first kappa shape index (κ1) is 19.4. The molecule has 1 N–H and O–H groups in total. The predicted octanol–water partition coefficient (Wildman–Crippen LogP) is 3.50. The monoisotopic (exact) mass is 424 g/mol. The summed E-state index contributed by atoms with van der Waals surface area (Å²) in [5.74, 6) is 0.851. The summed E-state index contributed by atoms with van der Waals surface area (Å²) in [5, 5.41) is 1.22. The quantitative estimate of drug-likeness (QED) is 0.654. The van der Waals surface area contributed by atoms with Crippen molar-refractivity contribution in [1.82, 2.24) is 14.9 Å². The first-order valence-electron chi connectivity index (χ1n) is 10.4. The smallest absolute Gasteiger partial charge is 0.238 e. The zero-order valence-corrected chi connectivity index (χ0v) is 17.7. The van der Waals surface area contributed by atoms with Crippen molar-refractivity contribution >= 4 is 34.2 Å². The zero-order chi connectivity index (χ0) is 20.7. The molecule has 0 spiro atoms. The fourth-order valence-corrected chi connectivity index (χ4v) is 4.92. The van der Waals surface area contributed by atoms with E-state index in [9.17, 15) is 4.79 Å². The van der Waals surface area contributed by atoms with Crippen molar-refractivity contribution in [3.63, 3.8) is 0 Å². The topological polar surface area (TPSA) is 61.5 Å². The molecule has 2 atom stereocenters. The van der Waals surface area contributed by atoms with E-state index in [0.717, 1.165) is 55.3 Å². The van der Waals surface area contributed by atoms with Crippen molar-refractivity contribution in [1.29, 1.82) is 0 Å². The first-order valence-corrected chi connectivity index (χ1v) is 11.0. The fourth-order valence-electron chi connectivity index (χ4n) is 4.79. The Labute approximate surface area is 180 Å². The zero-order valence-electron chi connectivity index (χ0n) is 17.0. The molecule has 0 bridgehead atoms. The van der Waals surface area contributed by atoms with Gasteiger partial charge in [0.2, 0.25) is 5.91 Å². The lowest BCUT2D eigenvalue weighted by molar-refractivity contribution is -0.133. The fraction of sp³-hybridized carbons (Fsp3) is 0.391. The Morgan fingerprint density at radius 3 is 2.77 bits per heavy atom. The van der Waals surface area contributed by atoms with Gasteiger partial charge in [0.15, 0.2) is 0 Å². The normalized spacial score (nSPS) is 21.7. The molecule has 30 heavy (non-hydrogen) atoms. The van der Waals surface area contributed by atoms with Crippen LogP contribution in [-0.4, -0.2) is 59.0 Å². The minimum absolute atomic E-state index is 0.0321. The van der Waals surface area contributed by atoms with Crippen LogP contribution in [0.3, 0.4) is 0 Å². The van der Waals surface area contributed by atoms with Crippen LogP contribution in [0.1, 0.15) is 29.8 Å². The molecule has 1 saturated heterocycles. The van der Waals surface area contributed by atoms with E-state index < -0.39 is 0 Å². The predicted molar refractivity (Wildman–Crippen MR) is 118 cm³/mol. The Hall–Kier alpha value is -2.57. The number of hydrogen-bond donors (Lipinski definition) is 1. The van der Waals surface area contributed by atoms with E-state index in [1.54, 1.807) is 0 Å². The minimum Gasteiger partial charge on any atom is -0.378 e. The molecule has 6 nitrogen and oxygen atoms in total. The van der Waals surface area contributed by atoms with Gasteiger partial charge in [0.05, 0.1) is 19.3 Å². The lowest BCUT2D eigenvalue weighted by atomic mass is 9.89. The van der Waals surface area contributed by atoms with Crippen LogP contribution in [0, 0.1) is 0 Å². The van der Waals surface area contributed by atoms with Crippen LogP contribution in [0.5, 0.6) is 0 Å². The van der Waals surface area contributed by atoms with Crippen LogP contribution in [0.15, 0.2) is 42.6 Å². The number of nitrogens with one attached hydrogen (secondary N) is 1. The average molecular weight is 425 g/mol. The molecule has 2 aliphatic heterocycles. The van der Waals surface area contributed by atoms with E-state index in [2.05, 4.69) is 41.1 Å². The number of carbonyl (C=O) groups is 1. The second-order valence-electron chi connectivity index (χ2n) is 8.00. The lowest BCUT2D eigenvalue weighted by Gasteiger charge is -2.40. The van der Waals surface area contributed by atoms with Crippen molar-refractivity contribution in [2.24, 2.45) is 0 Å². The number of ether oxygens (including phenoxy) is 1. The Kier molecular flexibility index (Phi) is 5.13. The maximum atomic E-state index is 12.8. The van der Waals surface area contributed by atoms with Crippen LogP contribution in [0.4, 0.5) is 5.82 Å². The molecular weight excluding hydrogens is 400 g/mol. The van der Waals surface area contributed by atoms with Crippen LogP contribution >= 0.6 is 11.6 Å². The summed E-state index contributed by atoms with van der Waals surface area (Å²) < 4.78 is 5.44. The molecule has 2 aliphatic rings. The third-order valence-electron chi connectivity index (χ3n) is 6.20. The number of rotatable bonds is 3. The van der Waals surface area contributed by atoms with Gasteiger partial charge in [0.1, 0.15) is 11.7 Å². The average Bonchev–Trinajstić information content (AvgIpc) is 3.16. The number of aromatic amines is 1. The van der Waals surface area contributed by atoms with Crippen molar-refractivity contribution in [2.45, 2.75) is 25.4 Å². The van der Waals surface area contributed by atoms with Gasteiger partial charge in [-0.2, -0.15) is 0 Å². The van der Waals surface area contributed by atoms with Gasteiger partial charge >= 0.3 is 0 Å². The Morgan fingerprint density at radius 2 is 2.03 bits per heavy atom. The Balaban J connectivity index is 1.59. The maximum absolute atomic E-state index is 12.8. The van der Waals surface area contributed by atoms with Crippen molar-refractivity contribution < 1.29 is 9.53 Å². The van der Waals surface area contributed by atoms with Gasteiger partial charge in [0.25, 0.3) is 0 Å².